The Kier molecular flexibility index (Phi) is 53.6. The Bertz CT molecular complexity index is 1340. The van der Waals surface area contributed by atoms with E-state index in [2.05, 4.69) is 55.6 Å². The van der Waals surface area contributed by atoms with Crippen LogP contribution in [0.25, 0.3) is 0 Å². The molecule has 9 nitrogen and oxygen atoms in total. The van der Waals surface area contributed by atoms with Gasteiger partial charge in [0.2, 0.25) is 5.91 Å². The van der Waals surface area contributed by atoms with E-state index in [0.717, 1.165) is 44.9 Å². The molecule has 7 unspecified atom stereocenters. The maximum atomic E-state index is 13.1. The molecule has 446 valence electrons. The molecule has 0 radical (unpaired) electrons. The van der Waals surface area contributed by atoms with Gasteiger partial charge in [0.1, 0.15) is 24.4 Å². The van der Waals surface area contributed by atoms with Gasteiger partial charge in [0, 0.05) is 6.42 Å². The van der Waals surface area contributed by atoms with E-state index in [1.165, 1.54) is 250 Å². The predicted molar refractivity (Wildman–Crippen MR) is 323 cm³/mol. The Morgan fingerprint density at radius 2 is 0.789 bits per heavy atom. The van der Waals surface area contributed by atoms with Gasteiger partial charge in [0.15, 0.2) is 6.29 Å². The van der Waals surface area contributed by atoms with Gasteiger partial charge in [-0.3, -0.25) is 4.79 Å². The minimum atomic E-state index is -1.57. The lowest BCUT2D eigenvalue weighted by Crippen LogP contribution is -2.60. The zero-order valence-corrected chi connectivity index (χ0v) is 49.8. The number of aliphatic hydroxyl groups excluding tert-OH is 5. The number of ether oxygens (including phenoxy) is 2. The molecular formula is C67H125NO8. The fourth-order valence-electron chi connectivity index (χ4n) is 10.4. The first kappa shape index (κ1) is 72.2. The number of hydrogen-bond donors (Lipinski definition) is 6. The molecule has 9 heteroatoms. The van der Waals surface area contributed by atoms with E-state index in [4.69, 9.17) is 9.47 Å². The van der Waals surface area contributed by atoms with Crippen molar-refractivity contribution in [3.05, 3.63) is 48.6 Å². The van der Waals surface area contributed by atoms with Gasteiger partial charge >= 0.3 is 0 Å². The summed E-state index contributed by atoms with van der Waals surface area (Å²) in [6.45, 7) is 3.77. The van der Waals surface area contributed by atoms with Crippen molar-refractivity contribution < 1.29 is 39.8 Å². The molecule has 0 bridgehead atoms. The molecule has 1 aliphatic heterocycles. The van der Waals surface area contributed by atoms with Gasteiger partial charge < -0.3 is 40.3 Å². The molecule has 76 heavy (non-hydrogen) atoms. The number of carbonyl (C=O) groups excluding carboxylic acids is 1. The Labute approximate surface area is 469 Å². The molecule has 6 N–H and O–H groups in total. The van der Waals surface area contributed by atoms with Crippen molar-refractivity contribution in [1.82, 2.24) is 5.32 Å². The highest BCUT2D eigenvalue weighted by molar-refractivity contribution is 5.76. The Morgan fingerprint density at radius 3 is 1.18 bits per heavy atom. The highest BCUT2D eigenvalue weighted by atomic mass is 16.7. The third-order valence-corrected chi connectivity index (χ3v) is 15.6. The number of rotatable bonds is 57. The van der Waals surface area contributed by atoms with Crippen LogP contribution in [0.4, 0.5) is 0 Å². The van der Waals surface area contributed by atoms with Crippen molar-refractivity contribution in [3.63, 3.8) is 0 Å². The molecule has 0 saturated carbocycles. The Balaban J connectivity index is 2.04. The van der Waals surface area contributed by atoms with Crippen LogP contribution in [0.3, 0.4) is 0 Å². The van der Waals surface area contributed by atoms with Gasteiger partial charge in [-0.2, -0.15) is 0 Å². The summed E-state index contributed by atoms with van der Waals surface area (Å²) in [7, 11) is 0. The molecule has 1 aliphatic rings. The summed E-state index contributed by atoms with van der Waals surface area (Å²) in [5.74, 6) is -0.182. The van der Waals surface area contributed by atoms with Gasteiger partial charge in [0.25, 0.3) is 0 Å². The summed E-state index contributed by atoms with van der Waals surface area (Å²) in [5, 5.41) is 54.5. The summed E-state index contributed by atoms with van der Waals surface area (Å²) < 4.78 is 11.3. The molecule has 1 fully saturated rings. The highest BCUT2D eigenvalue weighted by Crippen LogP contribution is 2.23. The van der Waals surface area contributed by atoms with E-state index in [0.29, 0.717) is 6.42 Å². The van der Waals surface area contributed by atoms with Gasteiger partial charge in [-0.25, -0.2) is 0 Å². The smallest absolute Gasteiger partial charge is 0.220 e. The van der Waals surface area contributed by atoms with E-state index in [-0.39, 0.29) is 12.5 Å². The van der Waals surface area contributed by atoms with Crippen LogP contribution in [0.1, 0.15) is 316 Å². The predicted octanol–water partition coefficient (Wildman–Crippen LogP) is 17.2. The number of nitrogens with one attached hydrogen (secondary N) is 1. The van der Waals surface area contributed by atoms with Crippen LogP contribution in [-0.4, -0.2) is 87.5 Å². The first-order valence-electron chi connectivity index (χ1n) is 32.9. The van der Waals surface area contributed by atoms with E-state index >= 15 is 0 Å². The molecule has 1 saturated heterocycles. The molecule has 7 atom stereocenters. The van der Waals surface area contributed by atoms with E-state index < -0.39 is 49.5 Å². The quantitative estimate of drug-likeness (QED) is 0.0261. The minimum Gasteiger partial charge on any atom is -0.394 e. The Morgan fingerprint density at radius 1 is 0.447 bits per heavy atom. The third kappa shape index (κ3) is 44.9. The van der Waals surface area contributed by atoms with Crippen LogP contribution < -0.4 is 5.32 Å². The minimum absolute atomic E-state index is 0.182. The van der Waals surface area contributed by atoms with E-state index in [1.807, 2.05) is 6.08 Å². The lowest BCUT2D eigenvalue weighted by Gasteiger charge is -2.40. The summed E-state index contributed by atoms with van der Waals surface area (Å²) in [6.07, 6.45) is 69.5. The molecule has 0 aromatic rings. The standard InChI is InChI=1S/C67H125NO8/c1-3-5-7-9-11-13-15-17-19-20-21-22-23-24-25-26-27-28-29-30-31-32-33-34-35-36-37-38-39-40-41-42-43-45-47-49-51-53-55-57-63(71)68-60(59-75-67-66(74)65(73)64(72)62(58-69)76-67)61(70)56-54-52-50-48-46-44-18-16-14-12-10-8-6-4-2/h15,17,20-21,46,48,54,56,60-62,64-67,69-70,72-74H,3-14,16,18-19,22-45,47,49-53,55,57-59H2,1-2H3,(H,68,71)/b17-15-,21-20-,48-46+,56-54+. The van der Waals surface area contributed by atoms with Crippen LogP contribution in [-0.2, 0) is 14.3 Å². The largest absolute Gasteiger partial charge is 0.394 e. The molecule has 1 rings (SSSR count). The SMILES string of the molecule is CCCCCCC/C=C\C/C=C\CCCCCCCCCCCCCCCCCCCCCCCCCCCCCC(=O)NC(COC1OC(CO)C(O)C(O)C1O)C(O)/C=C/CC/C=C/CCCCCCCCCC. The lowest BCUT2D eigenvalue weighted by molar-refractivity contribution is -0.302. The number of carbonyl (C=O) groups is 1. The lowest BCUT2D eigenvalue weighted by atomic mass is 9.99. The number of hydrogen-bond acceptors (Lipinski definition) is 8. The molecule has 0 aromatic heterocycles. The monoisotopic (exact) mass is 1070 g/mol. The third-order valence-electron chi connectivity index (χ3n) is 15.6. The van der Waals surface area contributed by atoms with Crippen LogP contribution in [0.5, 0.6) is 0 Å². The maximum absolute atomic E-state index is 13.1. The van der Waals surface area contributed by atoms with E-state index in [1.54, 1.807) is 6.08 Å². The van der Waals surface area contributed by atoms with Crippen molar-refractivity contribution in [2.24, 2.45) is 0 Å². The summed E-state index contributed by atoms with van der Waals surface area (Å²) in [5.41, 5.74) is 0. The number of aliphatic hydroxyl groups is 5. The zero-order valence-electron chi connectivity index (χ0n) is 49.8. The number of unbranched alkanes of at least 4 members (excludes halogenated alkanes) is 41. The van der Waals surface area contributed by atoms with Gasteiger partial charge in [-0.05, 0) is 64.2 Å². The fraction of sp³-hybridized carbons (Fsp3) is 0.866. The first-order chi connectivity index (χ1) is 37.3. The van der Waals surface area contributed by atoms with Crippen LogP contribution in [0, 0.1) is 0 Å². The second-order valence-corrected chi connectivity index (χ2v) is 22.9. The molecule has 0 spiro atoms. The van der Waals surface area contributed by atoms with Crippen molar-refractivity contribution in [3.8, 4) is 0 Å². The maximum Gasteiger partial charge on any atom is 0.220 e. The molecular weight excluding hydrogens is 947 g/mol. The number of allylic oxidation sites excluding steroid dienone is 7. The second kappa shape index (κ2) is 56.4. The van der Waals surface area contributed by atoms with Gasteiger partial charge in [-0.15, -0.1) is 0 Å². The van der Waals surface area contributed by atoms with Crippen molar-refractivity contribution in [1.29, 1.82) is 0 Å². The average molecular weight is 1070 g/mol. The van der Waals surface area contributed by atoms with Gasteiger partial charge in [0.05, 0.1) is 25.4 Å². The van der Waals surface area contributed by atoms with Gasteiger partial charge in [-0.1, -0.05) is 294 Å². The normalized spacial score (nSPS) is 19.1. The van der Waals surface area contributed by atoms with Crippen molar-refractivity contribution in [2.75, 3.05) is 13.2 Å². The fourth-order valence-corrected chi connectivity index (χ4v) is 10.4. The first-order valence-corrected chi connectivity index (χ1v) is 32.9. The Hall–Kier alpha value is -1.85. The average Bonchev–Trinajstić information content (AvgIpc) is 3.42. The van der Waals surface area contributed by atoms with Crippen LogP contribution in [0.2, 0.25) is 0 Å². The topological polar surface area (TPSA) is 149 Å². The number of amides is 1. The zero-order chi connectivity index (χ0) is 55.0. The molecule has 1 heterocycles. The highest BCUT2D eigenvalue weighted by Gasteiger charge is 2.44. The van der Waals surface area contributed by atoms with Crippen molar-refractivity contribution in [2.45, 2.75) is 358 Å². The molecule has 0 aromatic carbocycles. The summed E-state index contributed by atoms with van der Waals surface area (Å²) in [6, 6.07) is -0.820. The van der Waals surface area contributed by atoms with Crippen LogP contribution in [0.15, 0.2) is 48.6 Å². The molecule has 1 amide bonds. The molecule has 0 aliphatic carbocycles. The van der Waals surface area contributed by atoms with Crippen molar-refractivity contribution >= 4 is 5.91 Å². The van der Waals surface area contributed by atoms with Crippen LogP contribution >= 0.6 is 0 Å². The second-order valence-electron chi connectivity index (χ2n) is 22.9. The summed E-state index contributed by atoms with van der Waals surface area (Å²) >= 11 is 0. The van der Waals surface area contributed by atoms with E-state index in [9.17, 15) is 30.3 Å². The summed E-state index contributed by atoms with van der Waals surface area (Å²) in [4.78, 5) is 13.1.